The van der Waals surface area contributed by atoms with Crippen LogP contribution < -0.4 is 0 Å². The first-order valence-corrected chi connectivity index (χ1v) is 7.78. The summed E-state index contributed by atoms with van der Waals surface area (Å²) < 4.78 is 11.7. The van der Waals surface area contributed by atoms with Crippen LogP contribution in [0.3, 0.4) is 0 Å². The van der Waals surface area contributed by atoms with Crippen molar-refractivity contribution < 1.29 is 24.4 Å². The standard InChI is InChI=1S/C15H24O5/c1-8-4-5-10-9(2)12(16)18-13-15(10)11(8)6-14(3,7-17-13)19-20-15/h8-13,16H,4-7H2,1-3H3/t8-,9-,10+,11+,12+,13+,14+,15+/m1/s1. The van der Waals surface area contributed by atoms with Crippen LogP contribution in [0.2, 0.25) is 0 Å². The van der Waals surface area contributed by atoms with Crippen LogP contribution in [0.4, 0.5) is 0 Å². The number of aliphatic hydroxyl groups excluding tert-OH is 1. The molecule has 5 aliphatic rings. The summed E-state index contributed by atoms with van der Waals surface area (Å²) in [5, 5.41) is 10.2. The summed E-state index contributed by atoms with van der Waals surface area (Å²) in [7, 11) is 0. The van der Waals surface area contributed by atoms with Crippen molar-refractivity contribution in [1.82, 2.24) is 0 Å². The molecule has 0 radical (unpaired) electrons. The van der Waals surface area contributed by atoms with Crippen molar-refractivity contribution in [3.05, 3.63) is 0 Å². The Kier molecular flexibility index (Phi) is 2.81. The van der Waals surface area contributed by atoms with Gasteiger partial charge in [0.1, 0.15) is 5.60 Å². The fourth-order valence-electron chi connectivity index (χ4n) is 4.87. The van der Waals surface area contributed by atoms with E-state index in [2.05, 4.69) is 6.92 Å². The summed E-state index contributed by atoms with van der Waals surface area (Å²) in [6, 6.07) is 0. The summed E-state index contributed by atoms with van der Waals surface area (Å²) in [5.41, 5.74) is -0.951. The zero-order valence-electron chi connectivity index (χ0n) is 12.4. The third-order valence-electron chi connectivity index (χ3n) is 6.07. The maximum atomic E-state index is 10.2. The Labute approximate surface area is 119 Å². The molecule has 114 valence electrons. The summed E-state index contributed by atoms with van der Waals surface area (Å²) in [5.74, 6) is 1.18. The highest BCUT2D eigenvalue weighted by Gasteiger charge is 2.69. The van der Waals surface area contributed by atoms with Gasteiger partial charge < -0.3 is 14.6 Å². The molecule has 5 fully saturated rings. The number of ether oxygens (including phenoxy) is 2. The number of aliphatic hydroxyl groups is 1. The molecule has 1 N–H and O–H groups in total. The molecule has 5 heteroatoms. The molecule has 4 heterocycles. The van der Waals surface area contributed by atoms with E-state index in [1.165, 1.54) is 6.42 Å². The Hall–Kier alpha value is -0.200. The lowest BCUT2D eigenvalue weighted by molar-refractivity contribution is -0.494. The fourth-order valence-corrected chi connectivity index (χ4v) is 4.87. The first-order chi connectivity index (χ1) is 9.46. The van der Waals surface area contributed by atoms with Gasteiger partial charge in [0.15, 0.2) is 18.2 Å². The van der Waals surface area contributed by atoms with Crippen molar-refractivity contribution in [3.63, 3.8) is 0 Å². The van der Waals surface area contributed by atoms with Gasteiger partial charge in [0.25, 0.3) is 0 Å². The van der Waals surface area contributed by atoms with E-state index in [4.69, 9.17) is 19.2 Å². The van der Waals surface area contributed by atoms with Crippen molar-refractivity contribution in [2.24, 2.45) is 23.7 Å². The predicted molar refractivity (Wildman–Crippen MR) is 69.3 cm³/mol. The van der Waals surface area contributed by atoms with Crippen molar-refractivity contribution in [1.29, 1.82) is 0 Å². The SMILES string of the molecule is C[C@H]1[C@@H](O)O[C@@H]2OC[C@]3(C)C[C@H]4[C@H](C)CC[C@@H]1[C@@]24OO3. The molecule has 0 aromatic rings. The van der Waals surface area contributed by atoms with Crippen molar-refractivity contribution in [2.45, 2.75) is 63.8 Å². The smallest absolute Gasteiger partial charge is 0.193 e. The van der Waals surface area contributed by atoms with Crippen LogP contribution >= 0.6 is 0 Å². The molecule has 1 aliphatic carbocycles. The average Bonchev–Trinajstić information content (AvgIpc) is 2.63. The molecule has 2 bridgehead atoms. The summed E-state index contributed by atoms with van der Waals surface area (Å²) in [4.78, 5) is 11.7. The molecule has 5 nitrogen and oxygen atoms in total. The monoisotopic (exact) mass is 284 g/mol. The third-order valence-corrected chi connectivity index (χ3v) is 6.07. The van der Waals surface area contributed by atoms with Gasteiger partial charge in [-0.15, -0.1) is 0 Å². The normalized spacial score (nSPS) is 61.8. The Morgan fingerprint density at radius 1 is 1.10 bits per heavy atom. The highest BCUT2D eigenvalue weighted by atomic mass is 17.2. The summed E-state index contributed by atoms with van der Waals surface area (Å²) in [6.45, 7) is 6.81. The number of rotatable bonds is 0. The van der Waals surface area contributed by atoms with Crippen molar-refractivity contribution in [2.75, 3.05) is 6.61 Å². The molecule has 1 saturated carbocycles. The van der Waals surface area contributed by atoms with Crippen LogP contribution in [0.15, 0.2) is 0 Å². The Morgan fingerprint density at radius 2 is 1.90 bits per heavy atom. The van der Waals surface area contributed by atoms with Gasteiger partial charge in [0.2, 0.25) is 0 Å². The van der Waals surface area contributed by atoms with E-state index in [0.717, 1.165) is 12.8 Å². The van der Waals surface area contributed by atoms with Gasteiger partial charge in [-0.3, -0.25) is 0 Å². The van der Waals surface area contributed by atoms with Crippen LogP contribution in [0, 0.1) is 23.7 Å². The average molecular weight is 284 g/mol. The maximum absolute atomic E-state index is 10.2. The van der Waals surface area contributed by atoms with Crippen LogP contribution in [0.1, 0.15) is 40.0 Å². The first-order valence-electron chi connectivity index (χ1n) is 7.78. The molecule has 0 amide bonds. The predicted octanol–water partition coefficient (Wildman–Crippen LogP) is 1.84. The quantitative estimate of drug-likeness (QED) is 0.688. The topological polar surface area (TPSA) is 57.2 Å². The molecule has 0 aromatic carbocycles. The third kappa shape index (κ3) is 1.56. The molecule has 20 heavy (non-hydrogen) atoms. The Bertz CT molecular complexity index is 415. The van der Waals surface area contributed by atoms with Gasteiger partial charge >= 0.3 is 0 Å². The minimum atomic E-state index is -0.779. The number of hydrogen-bond acceptors (Lipinski definition) is 5. The van der Waals surface area contributed by atoms with Gasteiger partial charge in [-0.2, -0.15) is 0 Å². The zero-order valence-corrected chi connectivity index (χ0v) is 12.4. The number of hydrogen-bond donors (Lipinski definition) is 1. The second-order valence-electron chi connectivity index (χ2n) is 7.47. The van der Waals surface area contributed by atoms with Gasteiger partial charge in [0, 0.05) is 17.8 Å². The van der Waals surface area contributed by atoms with E-state index in [9.17, 15) is 5.11 Å². The second-order valence-corrected chi connectivity index (χ2v) is 7.47. The fraction of sp³-hybridized carbons (Fsp3) is 1.00. The Balaban J connectivity index is 1.82. The van der Waals surface area contributed by atoms with E-state index < -0.39 is 23.8 Å². The molecule has 0 aromatic heterocycles. The van der Waals surface area contributed by atoms with Crippen molar-refractivity contribution in [3.8, 4) is 0 Å². The highest BCUT2D eigenvalue weighted by Crippen LogP contribution is 2.59. The lowest BCUT2D eigenvalue weighted by Gasteiger charge is -2.59. The lowest BCUT2D eigenvalue weighted by atomic mass is 9.57. The van der Waals surface area contributed by atoms with Gasteiger partial charge in [-0.1, -0.05) is 13.8 Å². The number of fused-ring (bicyclic) bond motifs is 2. The summed E-state index contributed by atoms with van der Waals surface area (Å²) in [6.07, 6.45) is 1.83. The molecule has 5 rings (SSSR count). The van der Waals surface area contributed by atoms with E-state index in [1.54, 1.807) is 0 Å². The molecular weight excluding hydrogens is 260 g/mol. The molecule has 4 saturated heterocycles. The van der Waals surface area contributed by atoms with Crippen LogP contribution in [-0.2, 0) is 19.2 Å². The molecule has 0 unspecified atom stereocenters. The van der Waals surface area contributed by atoms with Crippen LogP contribution in [-0.4, -0.2) is 35.5 Å². The van der Waals surface area contributed by atoms with Crippen molar-refractivity contribution >= 4 is 0 Å². The highest BCUT2D eigenvalue weighted by molar-refractivity contribution is 5.10. The van der Waals surface area contributed by atoms with E-state index in [1.807, 2.05) is 13.8 Å². The zero-order chi connectivity index (χ0) is 14.1. The van der Waals surface area contributed by atoms with Gasteiger partial charge in [-0.05, 0) is 32.1 Å². The van der Waals surface area contributed by atoms with Crippen LogP contribution in [0.5, 0.6) is 0 Å². The lowest BCUT2D eigenvalue weighted by Crippen LogP contribution is -2.69. The van der Waals surface area contributed by atoms with Gasteiger partial charge in [0.05, 0.1) is 6.61 Å². The molecule has 1 spiro atoms. The maximum Gasteiger partial charge on any atom is 0.193 e. The summed E-state index contributed by atoms with van der Waals surface area (Å²) >= 11 is 0. The van der Waals surface area contributed by atoms with Crippen LogP contribution in [0.25, 0.3) is 0 Å². The minimum absolute atomic E-state index is 0.0379. The first kappa shape index (κ1) is 13.5. The van der Waals surface area contributed by atoms with Gasteiger partial charge in [-0.25, -0.2) is 9.78 Å². The molecule has 8 atom stereocenters. The Morgan fingerprint density at radius 3 is 2.70 bits per heavy atom. The van der Waals surface area contributed by atoms with E-state index in [-0.39, 0.29) is 11.8 Å². The van der Waals surface area contributed by atoms with E-state index >= 15 is 0 Å². The second kappa shape index (κ2) is 4.17. The largest absolute Gasteiger partial charge is 0.368 e. The molecular formula is C15H24O5. The minimum Gasteiger partial charge on any atom is -0.368 e. The molecule has 4 aliphatic heterocycles. The van der Waals surface area contributed by atoms with E-state index in [0.29, 0.717) is 18.4 Å².